The number of para-hydroxylation sites is 1. The van der Waals surface area contributed by atoms with Gasteiger partial charge in [0.1, 0.15) is 6.04 Å². The van der Waals surface area contributed by atoms with E-state index < -0.39 is 35.7 Å². The number of esters is 2. The van der Waals surface area contributed by atoms with Crippen LogP contribution in [0.5, 0.6) is 0 Å². The number of carbonyl (C=O) groups excluding carboxylic acids is 4. The van der Waals surface area contributed by atoms with E-state index in [4.69, 9.17) is 9.47 Å². The van der Waals surface area contributed by atoms with Gasteiger partial charge in [-0.05, 0) is 6.07 Å². The second-order valence-corrected chi connectivity index (χ2v) is 6.43. The molecule has 1 saturated heterocycles. The summed E-state index contributed by atoms with van der Waals surface area (Å²) >= 11 is 0. The molecule has 0 saturated carbocycles. The summed E-state index contributed by atoms with van der Waals surface area (Å²) in [6.07, 6.45) is -0.924. The summed E-state index contributed by atoms with van der Waals surface area (Å²) in [5.41, 5.74) is -0.174. The number of methoxy groups -OCH3 is 1. The first-order valence-corrected chi connectivity index (χ1v) is 8.20. The van der Waals surface area contributed by atoms with Gasteiger partial charge < -0.3 is 14.4 Å². The van der Waals surface area contributed by atoms with Crippen LogP contribution in [0.2, 0.25) is 0 Å². The number of hydrogen-bond donors (Lipinski definition) is 0. The summed E-state index contributed by atoms with van der Waals surface area (Å²) in [7, 11) is 1.23. The largest absolute Gasteiger partial charge is 0.467 e. The number of fused-ring (bicyclic) bond motifs is 3. The maximum atomic E-state index is 12.4. The van der Waals surface area contributed by atoms with Gasteiger partial charge in [-0.15, -0.1) is 0 Å². The van der Waals surface area contributed by atoms with Crippen molar-refractivity contribution in [3.05, 3.63) is 29.8 Å². The molecule has 1 fully saturated rings. The molecule has 8 nitrogen and oxygen atoms in total. The van der Waals surface area contributed by atoms with Crippen molar-refractivity contribution in [3.63, 3.8) is 0 Å². The molecule has 2 amide bonds. The van der Waals surface area contributed by atoms with Gasteiger partial charge in [0.15, 0.2) is 11.8 Å². The first kappa shape index (κ1) is 17.9. The fourth-order valence-corrected chi connectivity index (χ4v) is 4.11. The summed E-state index contributed by atoms with van der Waals surface area (Å²) < 4.78 is 10.5. The van der Waals surface area contributed by atoms with E-state index in [2.05, 4.69) is 0 Å². The van der Waals surface area contributed by atoms with Crippen molar-refractivity contribution < 1.29 is 28.7 Å². The average Bonchev–Trinajstić information content (AvgIpc) is 3.02. The van der Waals surface area contributed by atoms with E-state index in [1.165, 1.54) is 37.7 Å². The molecule has 8 heteroatoms. The Morgan fingerprint density at radius 3 is 2.27 bits per heavy atom. The number of amides is 2. The lowest BCUT2D eigenvalue weighted by Crippen LogP contribution is -2.56. The van der Waals surface area contributed by atoms with Crippen LogP contribution in [0.25, 0.3) is 0 Å². The minimum absolute atomic E-state index is 0.0181. The van der Waals surface area contributed by atoms with Crippen LogP contribution in [0.1, 0.15) is 32.8 Å². The van der Waals surface area contributed by atoms with Crippen molar-refractivity contribution in [2.45, 2.75) is 45.0 Å². The smallest absolute Gasteiger partial charge is 0.328 e. The van der Waals surface area contributed by atoms with Crippen LogP contribution in [0.15, 0.2) is 24.3 Å². The molecule has 1 aromatic carbocycles. The monoisotopic (exact) mass is 360 g/mol. The van der Waals surface area contributed by atoms with E-state index in [1.807, 2.05) is 0 Å². The molecule has 3 rings (SSSR count). The standard InChI is InChI=1S/C18H20N2O6/c1-10(21)19-14-8-6-5-7-13(14)18(26-12(3)23)9-15(16(24)25-4)20(11(2)22)17(18)19/h5-8,15,17H,9H2,1-4H3/t15-,17+,18-/m1/s1. The molecule has 0 aliphatic carbocycles. The van der Waals surface area contributed by atoms with Crippen LogP contribution < -0.4 is 4.90 Å². The van der Waals surface area contributed by atoms with Crippen LogP contribution in [0, 0.1) is 0 Å². The first-order chi connectivity index (χ1) is 12.2. The van der Waals surface area contributed by atoms with Gasteiger partial charge in [-0.3, -0.25) is 19.3 Å². The Kier molecular flexibility index (Phi) is 4.21. The van der Waals surface area contributed by atoms with Crippen molar-refractivity contribution in [2.75, 3.05) is 12.0 Å². The summed E-state index contributed by atoms with van der Waals surface area (Å²) in [5.74, 6) is -1.93. The Balaban J connectivity index is 2.27. The number of benzene rings is 1. The third-order valence-corrected chi connectivity index (χ3v) is 4.88. The Bertz CT molecular complexity index is 807. The van der Waals surface area contributed by atoms with Crippen molar-refractivity contribution in [1.29, 1.82) is 0 Å². The second kappa shape index (κ2) is 6.12. The molecule has 2 aliphatic rings. The van der Waals surface area contributed by atoms with Crippen molar-refractivity contribution >= 4 is 29.4 Å². The van der Waals surface area contributed by atoms with Gasteiger partial charge in [-0.2, -0.15) is 0 Å². The average molecular weight is 360 g/mol. The number of hydrogen-bond acceptors (Lipinski definition) is 6. The van der Waals surface area contributed by atoms with Crippen LogP contribution in [0.3, 0.4) is 0 Å². The van der Waals surface area contributed by atoms with E-state index in [-0.39, 0.29) is 12.3 Å². The number of carbonyl (C=O) groups is 4. The summed E-state index contributed by atoms with van der Waals surface area (Å²) in [6.45, 7) is 3.93. The highest BCUT2D eigenvalue weighted by molar-refractivity contribution is 5.98. The Morgan fingerprint density at radius 1 is 1.08 bits per heavy atom. The molecule has 3 atom stereocenters. The number of likely N-dealkylation sites (tertiary alicyclic amines) is 1. The molecule has 1 aromatic rings. The van der Waals surface area contributed by atoms with Gasteiger partial charge in [0.05, 0.1) is 12.8 Å². The minimum Gasteiger partial charge on any atom is -0.467 e. The van der Waals surface area contributed by atoms with E-state index in [0.29, 0.717) is 11.3 Å². The molecule has 0 radical (unpaired) electrons. The maximum absolute atomic E-state index is 12.4. The highest BCUT2D eigenvalue weighted by atomic mass is 16.6. The van der Waals surface area contributed by atoms with Gasteiger partial charge in [-0.25, -0.2) is 4.79 Å². The molecular formula is C18H20N2O6. The molecule has 2 heterocycles. The van der Waals surface area contributed by atoms with Crippen LogP contribution in [-0.4, -0.2) is 48.0 Å². The Morgan fingerprint density at radius 2 is 1.73 bits per heavy atom. The molecule has 138 valence electrons. The molecule has 26 heavy (non-hydrogen) atoms. The molecule has 0 spiro atoms. The second-order valence-electron chi connectivity index (χ2n) is 6.43. The van der Waals surface area contributed by atoms with Crippen molar-refractivity contribution in [3.8, 4) is 0 Å². The highest BCUT2D eigenvalue weighted by Crippen LogP contribution is 2.55. The molecular weight excluding hydrogens is 340 g/mol. The fourth-order valence-electron chi connectivity index (χ4n) is 4.11. The Hall–Kier alpha value is -2.90. The van der Waals surface area contributed by atoms with E-state index in [0.717, 1.165) is 0 Å². The van der Waals surface area contributed by atoms with Gasteiger partial charge >= 0.3 is 11.9 Å². The SMILES string of the molecule is COC(=O)[C@H]1C[C@@]2(OC(C)=O)c3ccccc3N(C(C)=O)[C@H]2N1C(C)=O. The third-order valence-electron chi connectivity index (χ3n) is 4.88. The zero-order valence-corrected chi connectivity index (χ0v) is 15.0. The molecule has 0 N–H and O–H groups in total. The van der Waals surface area contributed by atoms with E-state index in [9.17, 15) is 19.2 Å². The van der Waals surface area contributed by atoms with Gasteiger partial charge in [0.2, 0.25) is 11.8 Å². The number of ether oxygens (including phenoxy) is 2. The summed E-state index contributed by atoms with van der Waals surface area (Å²) in [4.78, 5) is 51.7. The zero-order chi connectivity index (χ0) is 19.2. The lowest BCUT2D eigenvalue weighted by Gasteiger charge is -2.36. The van der Waals surface area contributed by atoms with Gasteiger partial charge in [-0.1, -0.05) is 18.2 Å². The number of nitrogens with zero attached hydrogens (tertiary/aromatic N) is 2. The number of rotatable bonds is 2. The van der Waals surface area contributed by atoms with E-state index in [1.54, 1.807) is 24.3 Å². The van der Waals surface area contributed by atoms with Crippen LogP contribution >= 0.6 is 0 Å². The van der Waals surface area contributed by atoms with E-state index >= 15 is 0 Å². The molecule has 0 bridgehead atoms. The Labute approximate surface area is 150 Å². The predicted octanol–water partition coefficient (Wildman–Crippen LogP) is 0.931. The van der Waals surface area contributed by atoms with Crippen molar-refractivity contribution in [1.82, 2.24) is 4.90 Å². The summed E-state index contributed by atoms with van der Waals surface area (Å²) in [6, 6.07) is 6.02. The number of anilines is 1. The lowest BCUT2D eigenvalue weighted by atomic mass is 9.90. The minimum atomic E-state index is -1.32. The topological polar surface area (TPSA) is 93.2 Å². The van der Waals surface area contributed by atoms with Gasteiger partial charge in [0.25, 0.3) is 0 Å². The van der Waals surface area contributed by atoms with Crippen molar-refractivity contribution in [2.24, 2.45) is 0 Å². The molecule has 0 aromatic heterocycles. The van der Waals surface area contributed by atoms with Crippen LogP contribution in [0.4, 0.5) is 5.69 Å². The fraction of sp³-hybridized carbons (Fsp3) is 0.444. The molecule has 2 aliphatic heterocycles. The van der Waals surface area contributed by atoms with Gasteiger partial charge in [0, 0.05) is 32.8 Å². The zero-order valence-electron chi connectivity index (χ0n) is 15.0. The first-order valence-electron chi connectivity index (χ1n) is 8.20. The molecule has 0 unspecified atom stereocenters. The normalized spacial score (nSPS) is 26.2. The lowest BCUT2D eigenvalue weighted by molar-refractivity contribution is -0.162. The summed E-state index contributed by atoms with van der Waals surface area (Å²) in [5, 5.41) is 0. The third kappa shape index (κ3) is 2.36. The maximum Gasteiger partial charge on any atom is 0.328 e. The van der Waals surface area contributed by atoms with Crippen LogP contribution in [-0.2, 0) is 34.3 Å². The highest BCUT2D eigenvalue weighted by Gasteiger charge is 2.66. The quantitative estimate of drug-likeness (QED) is 0.729. The predicted molar refractivity (Wildman–Crippen MR) is 89.8 cm³/mol.